The lowest BCUT2D eigenvalue weighted by Gasteiger charge is -2.38. The van der Waals surface area contributed by atoms with Crippen LogP contribution < -0.4 is 10.1 Å². The lowest BCUT2D eigenvalue weighted by atomic mass is 9.87. The van der Waals surface area contributed by atoms with Crippen LogP contribution in [0.15, 0.2) is 65.3 Å². The van der Waals surface area contributed by atoms with E-state index in [2.05, 4.69) is 42.6 Å². The molecule has 1 aliphatic rings. The van der Waals surface area contributed by atoms with Gasteiger partial charge < -0.3 is 19.4 Å². The maximum absolute atomic E-state index is 12.8. The fourth-order valence-electron chi connectivity index (χ4n) is 4.43. The van der Waals surface area contributed by atoms with Gasteiger partial charge >= 0.3 is 0 Å². The number of fused-ring (bicyclic) bond motifs is 1. The minimum atomic E-state index is -0.622. The number of hydrogen-bond donors (Lipinski definition) is 1. The Morgan fingerprint density at radius 3 is 2.62 bits per heavy atom. The second-order valence-electron chi connectivity index (χ2n) is 8.68. The van der Waals surface area contributed by atoms with Crippen LogP contribution in [0.4, 0.5) is 0 Å². The topological polar surface area (TPSA) is 71.8 Å². The van der Waals surface area contributed by atoms with Crippen molar-refractivity contribution in [3.8, 4) is 5.75 Å². The highest BCUT2D eigenvalue weighted by atomic mass is 16.5. The monoisotopic (exact) mass is 460 g/mol. The molecular formula is C28H32N2O4. The zero-order valence-corrected chi connectivity index (χ0v) is 20.0. The van der Waals surface area contributed by atoms with Gasteiger partial charge in [-0.25, -0.2) is 0 Å². The number of carbonyl (C=O) groups excluding carboxylic acids is 2. The molecule has 0 aliphatic carbocycles. The summed E-state index contributed by atoms with van der Waals surface area (Å²) in [6.07, 6.45) is 2.75. The SMILES string of the molecule is CCC(=O)N1CCc2ccc(OC(CC)C(=O)NCc3ccco3)cc2C1c1ccc(C)cc1. The Bertz CT molecular complexity index is 1120. The van der Waals surface area contributed by atoms with Crippen molar-refractivity contribution < 1.29 is 18.7 Å². The molecule has 2 unspecified atom stereocenters. The highest BCUT2D eigenvalue weighted by molar-refractivity contribution is 5.81. The molecule has 1 aromatic heterocycles. The quantitative estimate of drug-likeness (QED) is 0.517. The van der Waals surface area contributed by atoms with Gasteiger partial charge in [-0.3, -0.25) is 9.59 Å². The largest absolute Gasteiger partial charge is 0.481 e. The van der Waals surface area contributed by atoms with Crippen LogP contribution >= 0.6 is 0 Å². The molecule has 2 aromatic carbocycles. The molecule has 0 radical (unpaired) electrons. The lowest BCUT2D eigenvalue weighted by molar-refractivity contribution is -0.133. The molecule has 6 nitrogen and oxygen atoms in total. The summed E-state index contributed by atoms with van der Waals surface area (Å²) in [6, 6.07) is 17.8. The van der Waals surface area contributed by atoms with Gasteiger partial charge in [0.25, 0.3) is 5.91 Å². The number of nitrogens with zero attached hydrogens (tertiary/aromatic N) is 1. The summed E-state index contributed by atoms with van der Waals surface area (Å²) in [5.41, 5.74) is 4.51. The van der Waals surface area contributed by atoms with E-state index in [0.29, 0.717) is 37.4 Å². The molecule has 2 atom stereocenters. The molecule has 178 valence electrons. The van der Waals surface area contributed by atoms with Gasteiger partial charge in [0.1, 0.15) is 11.5 Å². The standard InChI is InChI=1S/C28H32N2O4/c1-4-25(28(32)29-18-23-7-6-16-33-23)34-22-13-12-20-14-15-30(26(31)5-2)27(24(20)17-22)21-10-8-19(3)9-11-21/h6-13,16-17,25,27H,4-5,14-15,18H2,1-3H3,(H,29,32). The molecular weight excluding hydrogens is 428 g/mol. The molecule has 2 heterocycles. The van der Waals surface area contributed by atoms with E-state index in [1.165, 1.54) is 11.1 Å². The van der Waals surface area contributed by atoms with Gasteiger partial charge in [0.15, 0.2) is 6.10 Å². The van der Waals surface area contributed by atoms with Crippen molar-refractivity contribution in [2.24, 2.45) is 0 Å². The second-order valence-corrected chi connectivity index (χ2v) is 8.68. The first-order valence-electron chi connectivity index (χ1n) is 12.0. The molecule has 1 aliphatic heterocycles. The molecule has 0 bridgehead atoms. The van der Waals surface area contributed by atoms with Crippen molar-refractivity contribution in [1.29, 1.82) is 0 Å². The van der Waals surface area contributed by atoms with Gasteiger partial charge in [0.2, 0.25) is 5.91 Å². The van der Waals surface area contributed by atoms with Gasteiger partial charge in [-0.2, -0.15) is 0 Å². The predicted molar refractivity (Wildman–Crippen MR) is 130 cm³/mol. The Labute approximate surface area is 200 Å². The minimum absolute atomic E-state index is 0.131. The Kier molecular flexibility index (Phi) is 7.36. The van der Waals surface area contributed by atoms with Gasteiger partial charge in [0.05, 0.1) is 18.8 Å². The fraction of sp³-hybridized carbons (Fsp3) is 0.357. The number of carbonyl (C=O) groups is 2. The van der Waals surface area contributed by atoms with Gasteiger partial charge in [0, 0.05) is 13.0 Å². The third-order valence-corrected chi connectivity index (χ3v) is 6.32. The van der Waals surface area contributed by atoms with Crippen molar-refractivity contribution in [2.75, 3.05) is 6.54 Å². The summed E-state index contributed by atoms with van der Waals surface area (Å²) >= 11 is 0. The number of aryl methyl sites for hydroxylation is 1. The van der Waals surface area contributed by atoms with Gasteiger partial charge in [-0.15, -0.1) is 0 Å². The van der Waals surface area contributed by atoms with E-state index in [-0.39, 0.29) is 17.9 Å². The van der Waals surface area contributed by atoms with E-state index in [9.17, 15) is 9.59 Å². The summed E-state index contributed by atoms with van der Waals surface area (Å²) in [4.78, 5) is 27.5. The molecule has 3 aromatic rings. The Morgan fingerprint density at radius 2 is 1.94 bits per heavy atom. The first-order valence-corrected chi connectivity index (χ1v) is 12.0. The number of amides is 2. The van der Waals surface area contributed by atoms with E-state index >= 15 is 0 Å². The molecule has 6 heteroatoms. The third kappa shape index (κ3) is 5.16. The van der Waals surface area contributed by atoms with Crippen LogP contribution in [0.25, 0.3) is 0 Å². The zero-order chi connectivity index (χ0) is 24.1. The van der Waals surface area contributed by atoms with Crippen LogP contribution in [-0.4, -0.2) is 29.4 Å². The average Bonchev–Trinajstić information content (AvgIpc) is 3.39. The Balaban J connectivity index is 1.59. The molecule has 1 N–H and O–H groups in total. The summed E-state index contributed by atoms with van der Waals surface area (Å²) in [6.45, 7) is 6.88. The molecule has 0 saturated heterocycles. The van der Waals surface area contributed by atoms with Gasteiger partial charge in [-0.1, -0.05) is 49.7 Å². The molecule has 0 saturated carbocycles. The molecule has 34 heavy (non-hydrogen) atoms. The highest BCUT2D eigenvalue weighted by Crippen LogP contribution is 2.37. The maximum atomic E-state index is 12.8. The highest BCUT2D eigenvalue weighted by Gasteiger charge is 2.32. The summed E-state index contributed by atoms with van der Waals surface area (Å²) < 4.78 is 11.4. The lowest BCUT2D eigenvalue weighted by Crippen LogP contribution is -2.40. The summed E-state index contributed by atoms with van der Waals surface area (Å²) in [5, 5.41) is 2.88. The maximum Gasteiger partial charge on any atom is 0.261 e. The third-order valence-electron chi connectivity index (χ3n) is 6.32. The van der Waals surface area contributed by atoms with Crippen molar-refractivity contribution in [1.82, 2.24) is 10.2 Å². The van der Waals surface area contributed by atoms with Crippen LogP contribution in [-0.2, 0) is 22.6 Å². The van der Waals surface area contributed by atoms with Crippen LogP contribution in [0.5, 0.6) is 5.75 Å². The normalized spacial score (nSPS) is 16.0. The Morgan fingerprint density at radius 1 is 1.15 bits per heavy atom. The molecule has 0 fully saturated rings. The predicted octanol–water partition coefficient (Wildman–Crippen LogP) is 4.95. The number of ether oxygens (including phenoxy) is 1. The van der Waals surface area contributed by atoms with Crippen LogP contribution in [0.2, 0.25) is 0 Å². The number of hydrogen-bond acceptors (Lipinski definition) is 4. The van der Waals surface area contributed by atoms with Crippen molar-refractivity contribution in [2.45, 2.75) is 58.7 Å². The average molecular weight is 461 g/mol. The van der Waals surface area contributed by atoms with Crippen molar-refractivity contribution in [3.63, 3.8) is 0 Å². The Hall–Kier alpha value is -3.54. The first kappa shape index (κ1) is 23.6. The fourth-order valence-corrected chi connectivity index (χ4v) is 4.43. The number of rotatable bonds is 8. The molecule has 4 rings (SSSR count). The minimum Gasteiger partial charge on any atom is -0.481 e. The van der Waals surface area contributed by atoms with E-state index < -0.39 is 6.10 Å². The van der Waals surface area contributed by atoms with Crippen molar-refractivity contribution >= 4 is 11.8 Å². The van der Waals surface area contributed by atoms with E-state index in [0.717, 1.165) is 17.5 Å². The summed E-state index contributed by atoms with van der Waals surface area (Å²) in [5.74, 6) is 1.26. The number of furan rings is 1. The zero-order valence-electron chi connectivity index (χ0n) is 20.0. The molecule has 0 spiro atoms. The van der Waals surface area contributed by atoms with Gasteiger partial charge in [-0.05, 0) is 60.7 Å². The number of benzene rings is 2. The van der Waals surface area contributed by atoms with Crippen LogP contribution in [0.3, 0.4) is 0 Å². The first-order chi connectivity index (χ1) is 16.5. The number of nitrogens with one attached hydrogen (secondary N) is 1. The molecule has 2 amide bonds. The van der Waals surface area contributed by atoms with Crippen LogP contribution in [0.1, 0.15) is 60.7 Å². The summed E-state index contributed by atoms with van der Waals surface area (Å²) in [7, 11) is 0. The van der Waals surface area contributed by atoms with E-state index in [1.54, 1.807) is 12.3 Å². The second kappa shape index (κ2) is 10.6. The van der Waals surface area contributed by atoms with E-state index in [4.69, 9.17) is 9.15 Å². The van der Waals surface area contributed by atoms with E-state index in [1.807, 2.05) is 36.9 Å². The smallest absolute Gasteiger partial charge is 0.261 e. The van der Waals surface area contributed by atoms with Crippen molar-refractivity contribution in [3.05, 3.63) is 88.9 Å². The van der Waals surface area contributed by atoms with Crippen LogP contribution in [0, 0.1) is 6.92 Å².